The highest BCUT2D eigenvalue weighted by molar-refractivity contribution is 5.87. The molecule has 0 saturated carbocycles. The molecule has 0 unspecified atom stereocenters. The van der Waals surface area contributed by atoms with Crippen LogP contribution in [-0.2, 0) is 4.74 Å². The molecule has 102 valence electrons. The lowest BCUT2D eigenvalue weighted by Gasteiger charge is -2.09. The Kier molecular flexibility index (Phi) is 4.98. The van der Waals surface area contributed by atoms with Crippen molar-refractivity contribution in [1.29, 1.82) is 0 Å². The van der Waals surface area contributed by atoms with Crippen molar-refractivity contribution in [3.8, 4) is 5.75 Å². The minimum absolute atomic E-state index is 0.549. The molecule has 0 atom stereocenters. The van der Waals surface area contributed by atoms with Gasteiger partial charge in [-0.05, 0) is 30.7 Å². The maximum Gasteiger partial charge on any atom is 0.130 e. The molecule has 1 heterocycles. The van der Waals surface area contributed by atoms with Crippen LogP contribution in [0.25, 0.3) is 10.9 Å². The number of unbranched alkanes of at least 4 members (excludes halogenated alkanes) is 1. The van der Waals surface area contributed by atoms with Crippen LogP contribution in [0.4, 0.5) is 5.69 Å². The number of fused-ring (bicyclic) bond motifs is 1. The number of ether oxygens (including phenoxy) is 2. The van der Waals surface area contributed by atoms with Crippen LogP contribution in [0.5, 0.6) is 5.75 Å². The highest BCUT2D eigenvalue weighted by Gasteiger charge is 2.03. The Bertz CT molecular complexity index is 529. The minimum atomic E-state index is 0.549. The number of benzene rings is 1. The van der Waals surface area contributed by atoms with Gasteiger partial charge in [0.1, 0.15) is 12.4 Å². The fraction of sp³-hybridized carbons (Fsp3) is 0.400. The quantitative estimate of drug-likeness (QED) is 0.614. The Morgan fingerprint density at radius 3 is 2.89 bits per heavy atom. The zero-order valence-corrected chi connectivity index (χ0v) is 11.3. The number of nitrogens with zero attached hydrogens (tertiary/aromatic N) is 1. The van der Waals surface area contributed by atoms with Crippen LogP contribution >= 0.6 is 0 Å². The lowest BCUT2D eigenvalue weighted by atomic mass is 10.2. The summed E-state index contributed by atoms with van der Waals surface area (Å²) in [5, 5.41) is 0.977. The summed E-state index contributed by atoms with van der Waals surface area (Å²) in [6.07, 6.45) is 3.98. The molecule has 0 bridgehead atoms. The smallest absolute Gasteiger partial charge is 0.130 e. The first-order chi connectivity index (χ1) is 9.31. The normalized spacial score (nSPS) is 10.8. The highest BCUT2D eigenvalue weighted by atomic mass is 16.5. The molecule has 0 aliphatic rings. The van der Waals surface area contributed by atoms with Crippen molar-refractivity contribution in [3.05, 3.63) is 30.5 Å². The maximum atomic E-state index is 5.74. The van der Waals surface area contributed by atoms with E-state index in [2.05, 4.69) is 11.9 Å². The third kappa shape index (κ3) is 3.83. The summed E-state index contributed by atoms with van der Waals surface area (Å²) in [6, 6.07) is 7.50. The van der Waals surface area contributed by atoms with E-state index in [0.29, 0.717) is 18.9 Å². The largest absolute Gasteiger partial charge is 0.490 e. The number of nitrogen functional groups attached to an aromatic ring is 1. The second-order valence-electron chi connectivity index (χ2n) is 4.40. The number of hydrogen-bond acceptors (Lipinski definition) is 4. The van der Waals surface area contributed by atoms with E-state index < -0.39 is 0 Å². The molecule has 4 heteroatoms. The van der Waals surface area contributed by atoms with Crippen LogP contribution in [-0.4, -0.2) is 24.8 Å². The third-order valence-corrected chi connectivity index (χ3v) is 2.85. The lowest BCUT2D eigenvalue weighted by molar-refractivity contribution is 0.0985. The van der Waals surface area contributed by atoms with E-state index >= 15 is 0 Å². The molecule has 0 radical (unpaired) electrons. The van der Waals surface area contributed by atoms with Crippen molar-refractivity contribution in [1.82, 2.24) is 4.98 Å². The Labute approximate surface area is 113 Å². The molecule has 4 nitrogen and oxygen atoms in total. The van der Waals surface area contributed by atoms with Crippen molar-refractivity contribution in [2.24, 2.45) is 0 Å². The standard InChI is InChI=1S/C15H20N2O2/c1-2-3-8-18-9-10-19-15-6-7-17-14-11-12(16)4-5-13(14)15/h4-7,11H,2-3,8-10,16H2,1H3. The molecule has 0 saturated heterocycles. The first kappa shape index (κ1) is 13.6. The molecule has 0 aliphatic heterocycles. The summed E-state index contributed by atoms with van der Waals surface area (Å²) in [5.41, 5.74) is 7.30. The molecule has 2 aromatic rings. The van der Waals surface area contributed by atoms with E-state index in [1.807, 2.05) is 24.3 Å². The number of anilines is 1. The fourth-order valence-electron chi connectivity index (χ4n) is 1.82. The number of pyridine rings is 1. The molecular formula is C15H20N2O2. The van der Waals surface area contributed by atoms with Gasteiger partial charge >= 0.3 is 0 Å². The van der Waals surface area contributed by atoms with E-state index in [4.69, 9.17) is 15.2 Å². The summed E-state index contributed by atoms with van der Waals surface area (Å²) >= 11 is 0. The topological polar surface area (TPSA) is 57.4 Å². The molecule has 1 aromatic heterocycles. The van der Waals surface area contributed by atoms with Crippen LogP contribution in [0.2, 0.25) is 0 Å². The number of nitrogens with two attached hydrogens (primary N) is 1. The van der Waals surface area contributed by atoms with Crippen molar-refractivity contribution in [2.75, 3.05) is 25.6 Å². The molecule has 0 fully saturated rings. The maximum absolute atomic E-state index is 5.74. The van der Waals surface area contributed by atoms with Crippen molar-refractivity contribution >= 4 is 16.6 Å². The summed E-state index contributed by atoms with van der Waals surface area (Å²) in [7, 11) is 0. The van der Waals surface area contributed by atoms with Gasteiger partial charge in [-0.15, -0.1) is 0 Å². The van der Waals surface area contributed by atoms with E-state index in [-0.39, 0.29) is 0 Å². The Hall–Kier alpha value is -1.81. The molecule has 2 N–H and O–H groups in total. The summed E-state index contributed by atoms with van der Waals surface area (Å²) in [5.74, 6) is 0.823. The second-order valence-corrected chi connectivity index (χ2v) is 4.40. The van der Waals surface area contributed by atoms with Crippen LogP contribution in [0.1, 0.15) is 19.8 Å². The highest BCUT2D eigenvalue weighted by Crippen LogP contribution is 2.25. The average molecular weight is 260 g/mol. The van der Waals surface area contributed by atoms with Gasteiger partial charge in [-0.2, -0.15) is 0 Å². The third-order valence-electron chi connectivity index (χ3n) is 2.85. The van der Waals surface area contributed by atoms with Crippen molar-refractivity contribution < 1.29 is 9.47 Å². The van der Waals surface area contributed by atoms with E-state index in [0.717, 1.165) is 36.1 Å². The molecule has 1 aromatic carbocycles. The Balaban J connectivity index is 1.93. The van der Waals surface area contributed by atoms with E-state index in [1.165, 1.54) is 0 Å². The van der Waals surface area contributed by atoms with Crippen LogP contribution in [0.15, 0.2) is 30.5 Å². The first-order valence-corrected chi connectivity index (χ1v) is 6.66. The average Bonchev–Trinajstić information content (AvgIpc) is 2.42. The predicted octanol–water partition coefficient (Wildman–Crippen LogP) is 3.01. The molecule has 0 spiro atoms. The Morgan fingerprint density at radius 2 is 2.05 bits per heavy atom. The number of hydrogen-bond donors (Lipinski definition) is 1. The molecule has 0 aliphatic carbocycles. The number of rotatable bonds is 7. The van der Waals surface area contributed by atoms with Crippen LogP contribution in [0.3, 0.4) is 0 Å². The van der Waals surface area contributed by atoms with Gasteiger partial charge in [0, 0.05) is 23.9 Å². The zero-order chi connectivity index (χ0) is 13.5. The molecule has 19 heavy (non-hydrogen) atoms. The second kappa shape index (κ2) is 6.95. The van der Waals surface area contributed by atoms with E-state index in [9.17, 15) is 0 Å². The SMILES string of the molecule is CCCCOCCOc1ccnc2cc(N)ccc12. The summed E-state index contributed by atoms with van der Waals surface area (Å²) in [4.78, 5) is 4.28. The van der Waals surface area contributed by atoms with Gasteiger partial charge in [0.15, 0.2) is 0 Å². The minimum Gasteiger partial charge on any atom is -0.490 e. The van der Waals surface area contributed by atoms with Gasteiger partial charge in [0.05, 0.1) is 12.1 Å². The monoisotopic (exact) mass is 260 g/mol. The molecule has 0 amide bonds. The van der Waals surface area contributed by atoms with Gasteiger partial charge in [-0.1, -0.05) is 13.3 Å². The number of aromatic nitrogens is 1. The first-order valence-electron chi connectivity index (χ1n) is 6.66. The fourth-order valence-corrected chi connectivity index (χ4v) is 1.82. The molecular weight excluding hydrogens is 240 g/mol. The van der Waals surface area contributed by atoms with Gasteiger partial charge in [0.2, 0.25) is 0 Å². The van der Waals surface area contributed by atoms with Crippen molar-refractivity contribution in [2.45, 2.75) is 19.8 Å². The van der Waals surface area contributed by atoms with Gasteiger partial charge in [-0.25, -0.2) is 0 Å². The van der Waals surface area contributed by atoms with Gasteiger partial charge in [-0.3, -0.25) is 4.98 Å². The van der Waals surface area contributed by atoms with Gasteiger partial charge < -0.3 is 15.2 Å². The van der Waals surface area contributed by atoms with E-state index in [1.54, 1.807) is 6.20 Å². The summed E-state index contributed by atoms with van der Waals surface area (Å²) < 4.78 is 11.2. The predicted molar refractivity (Wildman–Crippen MR) is 77.4 cm³/mol. The van der Waals surface area contributed by atoms with Crippen molar-refractivity contribution in [3.63, 3.8) is 0 Å². The zero-order valence-electron chi connectivity index (χ0n) is 11.3. The van der Waals surface area contributed by atoms with Gasteiger partial charge in [0.25, 0.3) is 0 Å². The Morgan fingerprint density at radius 1 is 1.16 bits per heavy atom. The van der Waals surface area contributed by atoms with Crippen LogP contribution < -0.4 is 10.5 Å². The van der Waals surface area contributed by atoms with Crippen LogP contribution in [0, 0.1) is 0 Å². The molecule has 2 rings (SSSR count). The lowest BCUT2D eigenvalue weighted by Crippen LogP contribution is -2.07. The summed E-state index contributed by atoms with van der Waals surface area (Å²) in [6.45, 7) is 4.11.